The van der Waals surface area contributed by atoms with Crippen LogP contribution in [0.1, 0.15) is 11.5 Å². The number of carbonyl (C=O) groups excluding carboxylic acids is 1. The molecule has 0 N–H and O–H groups in total. The van der Waals surface area contributed by atoms with Crippen LogP contribution in [0.15, 0.2) is 54.6 Å². The minimum Gasteiger partial charge on any atom is -0.497 e. The summed E-state index contributed by atoms with van der Waals surface area (Å²) < 4.78 is 5.27. The number of amides is 1. The third-order valence-electron chi connectivity index (χ3n) is 5.42. The molecule has 1 saturated heterocycles. The zero-order valence-corrected chi connectivity index (χ0v) is 16.6. The number of benzene rings is 2. The number of hydrogen-bond donors (Lipinski definition) is 0. The molecule has 0 bridgehead atoms. The van der Waals surface area contributed by atoms with Gasteiger partial charge in [0.25, 0.3) is 0 Å². The van der Waals surface area contributed by atoms with E-state index in [0.717, 1.165) is 24.5 Å². The van der Waals surface area contributed by atoms with Crippen molar-refractivity contribution in [1.29, 1.82) is 0 Å². The Hall–Kier alpha value is -2.53. The van der Waals surface area contributed by atoms with Crippen molar-refractivity contribution in [1.82, 2.24) is 9.80 Å². The molecule has 1 aliphatic heterocycles. The van der Waals surface area contributed by atoms with Gasteiger partial charge in [0.1, 0.15) is 5.75 Å². The molecule has 1 amide bonds. The second-order valence-corrected chi connectivity index (χ2v) is 7.40. The second-order valence-electron chi connectivity index (χ2n) is 7.40. The number of carbonyl (C=O) groups is 1. The van der Waals surface area contributed by atoms with Crippen LogP contribution < -0.4 is 9.64 Å². The van der Waals surface area contributed by atoms with Crippen LogP contribution in [0.25, 0.3) is 0 Å². The Morgan fingerprint density at radius 2 is 1.70 bits per heavy atom. The van der Waals surface area contributed by atoms with Gasteiger partial charge in [-0.2, -0.15) is 0 Å². The molecule has 0 unspecified atom stereocenters. The summed E-state index contributed by atoms with van der Waals surface area (Å²) in [7, 11) is 7.82. The van der Waals surface area contributed by atoms with E-state index in [9.17, 15) is 4.79 Å². The van der Waals surface area contributed by atoms with E-state index in [1.54, 1.807) is 7.11 Å². The Morgan fingerprint density at radius 3 is 2.30 bits per heavy atom. The predicted octanol–water partition coefficient (Wildman–Crippen LogP) is 2.69. The molecule has 5 nitrogen and oxygen atoms in total. The fourth-order valence-electron chi connectivity index (χ4n) is 3.77. The maximum Gasteiger partial charge on any atom is 0.242 e. The van der Waals surface area contributed by atoms with Gasteiger partial charge >= 0.3 is 0 Å². The predicted molar refractivity (Wildman–Crippen MR) is 110 cm³/mol. The van der Waals surface area contributed by atoms with Crippen LogP contribution in [-0.2, 0) is 4.79 Å². The minimum atomic E-state index is 0.171. The fourth-order valence-corrected chi connectivity index (χ4v) is 3.77. The number of ether oxygens (including phenoxy) is 1. The Balaban J connectivity index is 1.70. The normalized spacial score (nSPS) is 19.4. The molecule has 0 saturated carbocycles. The van der Waals surface area contributed by atoms with Crippen LogP contribution in [0.3, 0.4) is 0 Å². The number of rotatable bonds is 6. The molecule has 5 heteroatoms. The molecule has 0 aliphatic carbocycles. The van der Waals surface area contributed by atoms with Crippen molar-refractivity contribution in [2.45, 2.75) is 12.0 Å². The Morgan fingerprint density at radius 1 is 1.04 bits per heavy atom. The largest absolute Gasteiger partial charge is 0.497 e. The quantitative estimate of drug-likeness (QED) is 0.787. The van der Waals surface area contributed by atoms with Crippen molar-refractivity contribution >= 4 is 11.6 Å². The number of para-hydroxylation sites is 1. The van der Waals surface area contributed by atoms with E-state index >= 15 is 0 Å². The van der Waals surface area contributed by atoms with Gasteiger partial charge in [-0.15, -0.1) is 0 Å². The lowest BCUT2D eigenvalue weighted by molar-refractivity contribution is -0.128. The highest BCUT2D eigenvalue weighted by Crippen LogP contribution is 2.31. The van der Waals surface area contributed by atoms with Crippen molar-refractivity contribution < 1.29 is 9.53 Å². The van der Waals surface area contributed by atoms with E-state index < -0.39 is 0 Å². The van der Waals surface area contributed by atoms with E-state index in [0.29, 0.717) is 18.5 Å². The summed E-state index contributed by atoms with van der Waals surface area (Å²) in [5.41, 5.74) is 2.31. The first-order valence-electron chi connectivity index (χ1n) is 9.34. The number of nitrogens with zero attached hydrogens (tertiary/aromatic N) is 3. The average Bonchev–Trinajstić information content (AvgIpc) is 3.14. The van der Waals surface area contributed by atoms with E-state index in [-0.39, 0.29) is 5.91 Å². The van der Waals surface area contributed by atoms with E-state index in [2.05, 4.69) is 31.1 Å². The zero-order valence-electron chi connectivity index (χ0n) is 16.6. The second kappa shape index (κ2) is 8.44. The van der Waals surface area contributed by atoms with Crippen LogP contribution >= 0.6 is 0 Å². The van der Waals surface area contributed by atoms with Crippen LogP contribution in [0.4, 0.5) is 5.69 Å². The molecule has 2 atom stereocenters. The monoisotopic (exact) mass is 367 g/mol. The van der Waals surface area contributed by atoms with Crippen molar-refractivity contribution in [3.05, 3.63) is 60.2 Å². The molecule has 0 spiro atoms. The number of likely N-dealkylation sites (tertiary alicyclic amines) is 1. The first-order valence-corrected chi connectivity index (χ1v) is 9.34. The maximum atomic E-state index is 12.9. The summed E-state index contributed by atoms with van der Waals surface area (Å²) in [5.74, 6) is 1.33. The van der Waals surface area contributed by atoms with Gasteiger partial charge in [-0.1, -0.05) is 30.3 Å². The first-order chi connectivity index (χ1) is 13.0. The lowest BCUT2D eigenvalue weighted by atomic mass is 9.93. The maximum absolute atomic E-state index is 12.9. The smallest absolute Gasteiger partial charge is 0.242 e. The first kappa shape index (κ1) is 19.2. The van der Waals surface area contributed by atoms with Gasteiger partial charge in [-0.05, 0) is 43.9 Å². The van der Waals surface area contributed by atoms with E-state index in [1.807, 2.05) is 59.3 Å². The van der Waals surface area contributed by atoms with Crippen molar-refractivity contribution in [2.24, 2.45) is 0 Å². The molecular weight excluding hydrogens is 338 g/mol. The highest BCUT2D eigenvalue weighted by molar-refractivity contribution is 5.82. The van der Waals surface area contributed by atoms with Gasteiger partial charge in [-0.25, -0.2) is 0 Å². The summed E-state index contributed by atoms with van der Waals surface area (Å²) >= 11 is 0. The highest BCUT2D eigenvalue weighted by atomic mass is 16.5. The Labute approximate surface area is 162 Å². The molecule has 1 heterocycles. The molecule has 0 radical (unpaired) electrons. The lowest BCUT2D eigenvalue weighted by Gasteiger charge is -2.25. The van der Waals surface area contributed by atoms with Crippen LogP contribution in [0.2, 0.25) is 0 Å². The summed E-state index contributed by atoms with van der Waals surface area (Å²) in [6, 6.07) is 18.6. The summed E-state index contributed by atoms with van der Waals surface area (Å²) in [6.07, 6.45) is 0. The van der Waals surface area contributed by atoms with E-state index in [4.69, 9.17) is 4.74 Å². The molecule has 2 aromatic rings. The SMILES string of the molecule is COc1ccc([C@@H]2CN(C(=O)CN(C)c3ccccc3)C[C@H]2N(C)C)cc1. The average molecular weight is 367 g/mol. The van der Waals surface area contributed by atoms with Gasteiger partial charge in [0.05, 0.1) is 13.7 Å². The molecule has 27 heavy (non-hydrogen) atoms. The van der Waals surface area contributed by atoms with Crippen molar-refractivity contribution in [3.63, 3.8) is 0 Å². The summed E-state index contributed by atoms with van der Waals surface area (Å²) in [6.45, 7) is 1.89. The van der Waals surface area contributed by atoms with Gasteiger partial charge in [0, 0.05) is 37.8 Å². The molecular formula is C22H29N3O2. The fraction of sp³-hybridized carbons (Fsp3) is 0.409. The van der Waals surface area contributed by atoms with Gasteiger partial charge in [0.15, 0.2) is 0 Å². The molecule has 144 valence electrons. The molecule has 0 aromatic heterocycles. The molecule has 2 aromatic carbocycles. The molecule has 1 fully saturated rings. The van der Waals surface area contributed by atoms with Gasteiger partial charge in [-0.3, -0.25) is 4.79 Å². The standard InChI is InChI=1S/C22H29N3O2/c1-23(2)21-15-25(14-20(21)17-10-12-19(27-4)13-11-17)22(26)16-24(3)18-8-6-5-7-9-18/h5-13,20-21H,14-16H2,1-4H3/t20-,21+/m0/s1. The molecule has 1 aliphatic rings. The number of anilines is 1. The number of hydrogen-bond acceptors (Lipinski definition) is 4. The number of methoxy groups -OCH3 is 1. The Kier molecular flexibility index (Phi) is 6.01. The third-order valence-corrected chi connectivity index (χ3v) is 5.42. The van der Waals surface area contributed by atoms with Crippen LogP contribution in [0, 0.1) is 0 Å². The summed E-state index contributed by atoms with van der Waals surface area (Å²) in [5, 5.41) is 0. The van der Waals surface area contributed by atoms with Gasteiger partial charge in [0.2, 0.25) is 5.91 Å². The topological polar surface area (TPSA) is 36.0 Å². The molecule has 3 rings (SSSR count). The minimum absolute atomic E-state index is 0.171. The lowest BCUT2D eigenvalue weighted by Crippen LogP contribution is -2.39. The van der Waals surface area contributed by atoms with Crippen molar-refractivity contribution in [2.75, 3.05) is 52.8 Å². The Bertz CT molecular complexity index is 746. The van der Waals surface area contributed by atoms with Crippen LogP contribution in [0.5, 0.6) is 5.75 Å². The van der Waals surface area contributed by atoms with Crippen molar-refractivity contribution in [3.8, 4) is 5.75 Å². The van der Waals surface area contributed by atoms with E-state index in [1.165, 1.54) is 5.56 Å². The van der Waals surface area contributed by atoms with Gasteiger partial charge < -0.3 is 19.4 Å². The third kappa shape index (κ3) is 4.42. The summed E-state index contributed by atoms with van der Waals surface area (Å²) in [4.78, 5) is 19.2. The highest BCUT2D eigenvalue weighted by Gasteiger charge is 2.37. The van der Waals surface area contributed by atoms with Crippen LogP contribution in [-0.4, -0.2) is 69.6 Å². The number of likely N-dealkylation sites (N-methyl/N-ethyl adjacent to an activating group) is 2. The zero-order chi connectivity index (χ0) is 19.4.